The van der Waals surface area contributed by atoms with Gasteiger partial charge in [0.1, 0.15) is 11.8 Å². The van der Waals surface area contributed by atoms with E-state index in [4.69, 9.17) is 10.5 Å². The summed E-state index contributed by atoms with van der Waals surface area (Å²) in [5.41, 5.74) is 5.70. The van der Waals surface area contributed by atoms with E-state index in [2.05, 4.69) is 15.6 Å². The van der Waals surface area contributed by atoms with E-state index in [-0.39, 0.29) is 47.4 Å². The largest absolute Gasteiger partial charge is 0.493 e. The van der Waals surface area contributed by atoms with E-state index < -0.39 is 11.7 Å². The van der Waals surface area contributed by atoms with Crippen molar-refractivity contribution >= 4 is 17.3 Å². The van der Waals surface area contributed by atoms with Gasteiger partial charge >= 0.3 is 6.18 Å². The summed E-state index contributed by atoms with van der Waals surface area (Å²) < 4.78 is 46.5. The molecule has 0 spiro atoms. The van der Waals surface area contributed by atoms with Crippen LogP contribution in [0.15, 0.2) is 24.3 Å². The molecule has 1 aliphatic rings. The Balaban J connectivity index is 1.78. The molecule has 1 aliphatic heterocycles. The van der Waals surface area contributed by atoms with Crippen LogP contribution in [0.3, 0.4) is 0 Å². The van der Waals surface area contributed by atoms with Gasteiger partial charge in [0.15, 0.2) is 5.69 Å². The van der Waals surface area contributed by atoms with Crippen LogP contribution in [0.2, 0.25) is 0 Å². The lowest BCUT2D eigenvalue weighted by atomic mass is 10.0. The Morgan fingerprint density at radius 3 is 2.81 bits per heavy atom. The van der Waals surface area contributed by atoms with Crippen LogP contribution in [-0.2, 0) is 11.0 Å². The van der Waals surface area contributed by atoms with Crippen LogP contribution in [0, 0.1) is 11.3 Å². The van der Waals surface area contributed by atoms with Gasteiger partial charge < -0.3 is 21.1 Å². The fraction of sp³-hybridized carbons (Fsp3) is 0.381. The van der Waals surface area contributed by atoms with Crippen LogP contribution < -0.4 is 21.1 Å². The predicted molar refractivity (Wildman–Crippen MR) is 113 cm³/mol. The zero-order valence-electron chi connectivity index (χ0n) is 17.4. The molecule has 0 unspecified atom stereocenters. The molecule has 1 amide bonds. The molecule has 0 radical (unpaired) electrons. The van der Waals surface area contributed by atoms with Crippen molar-refractivity contribution in [1.82, 2.24) is 15.2 Å². The third-order valence-corrected chi connectivity index (χ3v) is 5.01. The number of piperazine rings is 1. The number of nitrogens with one attached hydrogen (secondary N) is 2. The molecule has 11 heteroatoms. The number of hydrogen-bond acceptors (Lipinski definition) is 7. The first-order valence-electron chi connectivity index (χ1n) is 9.94. The number of benzene rings is 1. The maximum absolute atomic E-state index is 13.7. The second-order valence-electron chi connectivity index (χ2n) is 7.22. The lowest BCUT2D eigenvalue weighted by Gasteiger charge is -2.26. The summed E-state index contributed by atoms with van der Waals surface area (Å²) in [6.07, 6.45) is -4.17. The van der Waals surface area contributed by atoms with Crippen molar-refractivity contribution in [2.24, 2.45) is 0 Å². The zero-order valence-corrected chi connectivity index (χ0v) is 17.4. The zero-order chi connectivity index (χ0) is 23.3. The number of pyridine rings is 1. The van der Waals surface area contributed by atoms with Crippen molar-refractivity contribution in [3.05, 3.63) is 35.5 Å². The molecule has 0 aliphatic carbocycles. The molecule has 0 atom stereocenters. The molecule has 2 aromatic rings. The van der Waals surface area contributed by atoms with E-state index in [0.29, 0.717) is 31.7 Å². The Kier molecular flexibility index (Phi) is 7.05. The summed E-state index contributed by atoms with van der Waals surface area (Å²) in [5.74, 6) is -0.355. The SMILES string of the molecule is CNc1cc(-c2ccc(OCCCN3CCNC(=O)C3)c(C(F)(F)F)c2)nc(C#N)c1N. The summed E-state index contributed by atoms with van der Waals surface area (Å²) in [4.78, 5) is 17.4. The Hall–Kier alpha value is -3.52. The average Bonchev–Trinajstić information content (AvgIpc) is 2.76. The number of anilines is 2. The fourth-order valence-corrected chi connectivity index (χ4v) is 3.38. The monoisotopic (exact) mass is 448 g/mol. The van der Waals surface area contributed by atoms with Gasteiger partial charge in [-0.05, 0) is 30.7 Å². The number of rotatable bonds is 7. The summed E-state index contributed by atoms with van der Waals surface area (Å²) in [7, 11) is 1.59. The van der Waals surface area contributed by atoms with Gasteiger partial charge in [-0.3, -0.25) is 9.69 Å². The maximum Gasteiger partial charge on any atom is 0.419 e. The van der Waals surface area contributed by atoms with Gasteiger partial charge in [0.05, 0.1) is 35.8 Å². The first-order valence-corrected chi connectivity index (χ1v) is 9.94. The minimum atomic E-state index is -4.64. The van der Waals surface area contributed by atoms with Gasteiger partial charge in [-0.2, -0.15) is 18.4 Å². The molecule has 3 rings (SSSR count). The minimum Gasteiger partial charge on any atom is -0.493 e. The third-order valence-electron chi connectivity index (χ3n) is 5.01. The number of aromatic nitrogens is 1. The van der Waals surface area contributed by atoms with Crippen LogP contribution in [0.4, 0.5) is 24.5 Å². The number of ether oxygens (including phenoxy) is 1. The number of amides is 1. The van der Waals surface area contributed by atoms with Gasteiger partial charge in [0, 0.05) is 32.2 Å². The molecule has 1 fully saturated rings. The van der Waals surface area contributed by atoms with E-state index in [1.807, 2.05) is 11.0 Å². The summed E-state index contributed by atoms with van der Waals surface area (Å²) in [6.45, 7) is 2.15. The highest BCUT2D eigenvalue weighted by Crippen LogP contribution is 2.39. The number of nitrogens with two attached hydrogens (primary N) is 1. The normalized spacial score (nSPS) is 14.5. The van der Waals surface area contributed by atoms with Gasteiger partial charge in [0.25, 0.3) is 0 Å². The molecule has 1 aromatic carbocycles. The van der Waals surface area contributed by atoms with Crippen molar-refractivity contribution < 1.29 is 22.7 Å². The first-order chi connectivity index (χ1) is 15.2. The van der Waals surface area contributed by atoms with E-state index in [1.54, 1.807) is 7.05 Å². The van der Waals surface area contributed by atoms with E-state index >= 15 is 0 Å². The van der Waals surface area contributed by atoms with E-state index in [1.165, 1.54) is 18.2 Å². The topological polar surface area (TPSA) is 116 Å². The molecule has 1 saturated heterocycles. The Morgan fingerprint density at radius 2 is 2.16 bits per heavy atom. The van der Waals surface area contributed by atoms with Crippen molar-refractivity contribution in [3.63, 3.8) is 0 Å². The van der Waals surface area contributed by atoms with Gasteiger partial charge in [-0.15, -0.1) is 0 Å². The number of carbonyl (C=O) groups excluding carboxylic acids is 1. The molecule has 0 saturated carbocycles. The smallest absolute Gasteiger partial charge is 0.419 e. The van der Waals surface area contributed by atoms with E-state index in [9.17, 15) is 23.2 Å². The highest BCUT2D eigenvalue weighted by Gasteiger charge is 2.35. The minimum absolute atomic E-state index is 0.0654. The Morgan fingerprint density at radius 1 is 1.38 bits per heavy atom. The molecule has 4 N–H and O–H groups in total. The number of nitriles is 1. The van der Waals surface area contributed by atoms with Crippen LogP contribution in [0.1, 0.15) is 17.7 Å². The van der Waals surface area contributed by atoms with Crippen LogP contribution in [-0.4, -0.2) is 55.6 Å². The standard InChI is InChI=1S/C21H23F3N6O2/c1-27-16-10-15(29-17(11-25)20(16)26)13-3-4-18(14(9-13)21(22,23)24)32-8-2-6-30-7-5-28-19(31)12-30/h3-4,9-10H,2,5-8,12,26H2,1H3,(H,27,29)(H,28,31). The number of hydrogen-bond donors (Lipinski definition) is 3. The molecule has 1 aromatic heterocycles. The second-order valence-corrected chi connectivity index (χ2v) is 7.22. The number of halogens is 3. The molecular formula is C21H23F3N6O2. The Bertz CT molecular complexity index is 1040. The van der Waals surface area contributed by atoms with Crippen LogP contribution in [0.25, 0.3) is 11.3 Å². The molecular weight excluding hydrogens is 425 g/mol. The molecule has 0 bridgehead atoms. The van der Waals surface area contributed by atoms with Crippen LogP contribution in [0.5, 0.6) is 5.75 Å². The number of alkyl halides is 3. The first kappa shape index (κ1) is 23.1. The van der Waals surface area contributed by atoms with Crippen molar-refractivity contribution in [2.75, 3.05) is 50.9 Å². The van der Waals surface area contributed by atoms with Gasteiger partial charge in [0.2, 0.25) is 5.91 Å². The quantitative estimate of drug-likeness (QED) is 0.557. The highest BCUT2D eigenvalue weighted by molar-refractivity contribution is 5.79. The van der Waals surface area contributed by atoms with Gasteiger partial charge in [-0.25, -0.2) is 4.98 Å². The predicted octanol–water partition coefficient (Wildman–Crippen LogP) is 2.46. The fourth-order valence-electron chi connectivity index (χ4n) is 3.38. The average molecular weight is 448 g/mol. The number of nitrogens with zero attached hydrogens (tertiary/aromatic N) is 3. The maximum atomic E-state index is 13.7. The van der Waals surface area contributed by atoms with E-state index in [0.717, 1.165) is 6.07 Å². The molecule has 2 heterocycles. The third kappa shape index (κ3) is 5.39. The molecule has 32 heavy (non-hydrogen) atoms. The van der Waals surface area contributed by atoms with Crippen LogP contribution >= 0.6 is 0 Å². The highest BCUT2D eigenvalue weighted by atomic mass is 19.4. The lowest BCUT2D eigenvalue weighted by molar-refractivity contribution is -0.139. The number of carbonyl (C=O) groups is 1. The molecule has 170 valence electrons. The summed E-state index contributed by atoms with van der Waals surface area (Å²) in [6, 6.07) is 6.99. The Labute approximate surface area is 183 Å². The van der Waals surface area contributed by atoms with Crippen molar-refractivity contribution in [2.45, 2.75) is 12.6 Å². The molecule has 8 nitrogen and oxygen atoms in total. The summed E-state index contributed by atoms with van der Waals surface area (Å²) >= 11 is 0. The van der Waals surface area contributed by atoms with Gasteiger partial charge in [-0.1, -0.05) is 0 Å². The lowest BCUT2D eigenvalue weighted by Crippen LogP contribution is -2.47. The summed E-state index contributed by atoms with van der Waals surface area (Å²) in [5, 5.41) is 14.7. The second kappa shape index (κ2) is 9.74. The number of nitrogen functional groups attached to an aromatic ring is 1. The van der Waals surface area contributed by atoms with Crippen molar-refractivity contribution in [1.29, 1.82) is 5.26 Å². The van der Waals surface area contributed by atoms with Crippen molar-refractivity contribution in [3.8, 4) is 23.1 Å².